The van der Waals surface area contributed by atoms with E-state index in [2.05, 4.69) is 80.6 Å². The van der Waals surface area contributed by atoms with Gasteiger partial charge < -0.3 is 0 Å². The first kappa shape index (κ1) is 18.1. The number of halogens is 3. The standard InChI is InChI=1S/C18H15O.I3/c1-14-12-17(15-8-4-2-5-9-15)19-18(13-14)16-10-6-3-7-11-16;1-3-2/h2-13H,1H3;/q+1;-1. The molecular formula is C18H15I3O. The molecule has 1 heterocycles. The van der Waals surface area contributed by atoms with Gasteiger partial charge in [0, 0.05) is 12.1 Å². The van der Waals surface area contributed by atoms with Gasteiger partial charge in [0.25, 0.3) is 0 Å². The molecule has 0 N–H and O–H groups in total. The summed E-state index contributed by atoms with van der Waals surface area (Å²) in [7, 11) is 0. The average Bonchev–Trinajstić information content (AvgIpc) is 2.57. The van der Waals surface area contributed by atoms with E-state index in [1.807, 2.05) is 36.4 Å². The molecule has 0 saturated carbocycles. The van der Waals surface area contributed by atoms with E-state index in [-0.39, 0.29) is 0 Å². The Hall–Kier alpha value is -0.220. The summed E-state index contributed by atoms with van der Waals surface area (Å²) in [6.45, 7) is 2.09. The molecule has 114 valence electrons. The van der Waals surface area contributed by atoms with E-state index in [4.69, 9.17) is 4.42 Å². The van der Waals surface area contributed by atoms with E-state index < -0.39 is 0 Å². The molecular weight excluding hydrogens is 613 g/mol. The Kier molecular flexibility index (Phi) is 8.09. The van der Waals surface area contributed by atoms with Gasteiger partial charge in [-0.1, -0.05) is 36.4 Å². The number of hydrogen-bond donors (Lipinski definition) is 0. The van der Waals surface area contributed by atoms with E-state index in [9.17, 15) is 0 Å². The van der Waals surface area contributed by atoms with E-state index in [0.29, 0.717) is 13.3 Å². The molecule has 0 fully saturated rings. The quantitative estimate of drug-likeness (QED) is 0.309. The van der Waals surface area contributed by atoms with Crippen LogP contribution < -0.4 is 13.3 Å². The molecule has 3 aromatic rings. The zero-order valence-corrected chi connectivity index (χ0v) is 18.4. The fourth-order valence-electron chi connectivity index (χ4n) is 2.12. The van der Waals surface area contributed by atoms with Crippen molar-refractivity contribution < 1.29 is 17.7 Å². The molecule has 0 unspecified atom stereocenters. The SMILES string of the molecule is Cc1cc(-c2ccccc2)[o+]c(-c2ccccc2)c1.I[I-]I. The zero-order valence-electron chi connectivity index (χ0n) is 12.0. The molecule has 0 atom stereocenters. The second kappa shape index (κ2) is 9.82. The molecule has 0 spiro atoms. The van der Waals surface area contributed by atoms with Gasteiger partial charge >= 0.3 is 62.0 Å². The second-order valence-electron chi connectivity index (χ2n) is 4.65. The first-order chi connectivity index (χ1) is 10.7. The number of aryl methyl sites for hydroxylation is 1. The average molecular weight is 628 g/mol. The summed E-state index contributed by atoms with van der Waals surface area (Å²) in [6.07, 6.45) is 0. The van der Waals surface area contributed by atoms with Gasteiger partial charge in [0.1, 0.15) is 0 Å². The summed E-state index contributed by atoms with van der Waals surface area (Å²) in [5.74, 6) is 1.80. The molecule has 0 aliphatic rings. The Balaban J connectivity index is 0.000000545. The third-order valence-electron chi connectivity index (χ3n) is 3.05. The zero-order chi connectivity index (χ0) is 15.8. The van der Waals surface area contributed by atoms with Gasteiger partial charge in [-0.25, -0.2) is 4.42 Å². The third-order valence-corrected chi connectivity index (χ3v) is 3.05. The van der Waals surface area contributed by atoms with Gasteiger partial charge in [0.2, 0.25) is 0 Å². The van der Waals surface area contributed by atoms with Crippen molar-refractivity contribution in [2.45, 2.75) is 6.92 Å². The molecule has 0 aliphatic carbocycles. The summed E-state index contributed by atoms with van der Waals surface area (Å²) in [5, 5.41) is 0. The number of rotatable bonds is 2. The predicted molar refractivity (Wildman–Crippen MR) is 107 cm³/mol. The van der Waals surface area contributed by atoms with Gasteiger partial charge in [0.15, 0.2) is 0 Å². The molecule has 2 aromatic carbocycles. The Labute approximate surface area is 161 Å². The van der Waals surface area contributed by atoms with E-state index in [0.717, 1.165) is 22.6 Å². The summed E-state index contributed by atoms with van der Waals surface area (Å²) in [6, 6.07) is 24.5. The minimum absolute atomic E-state index is 0.530. The summed E-state index contributed by atoms with van der Waals surface area (Å²) < 4.78 is 6.03. The van der Waals surface area contributed by atoms with Crippen LogP contribution in [0.2, 0.25) is 0 Å². The van der Waals surface area contributed by atoms with Gasteiger partial charge in [0.05, 0.1) is 11.1 Å². The summed E-state index contributed by atoms with van der Waals surface area (Å²) in [5.41, 5.74) is 3.40. The fraction of sp³-hybridized carbons (Fsp3) is 0.0556. The van der Waals surface area contributed by atoms with Crippen LogP contribution >= 0.6 is 37.2 Å². The monoisotopic (exact) mass is 628 g/mol. The third kappa shape index (κ3) is 5.45. The van der Waals surface area contributed by atoms with Crippen LogP contribution in [0.5, 0.6) is 0 Å². The summed E-state index contributed by atoms with van der Waals surface area (Å²) in [4.78, 5) is 0. The Morgan fingerprint density at radius 2 is 1.09 bits per heavy atom. The molecule has 0 bridgehead atoms. The van der Waals surface area contributed by atoms with Crippen LogP contribution in [0.15, 0.2) is 77.2 Å². The van der Waals surface area contributed by atoms with Crippen LogP contribution in [0.4, 0.5) is 0 Å². The van der Waals surface area contributed by atoms with Gasteiger partial charge in [-0.2, -0.15) is 0 Å². The van der Waals surface area contributed by atoms with Crippen molar-refractivity contribution in [3.05, 3.63) is 78.4 Å². The van der Waals surface area contributed by atoms with Crippen LogP contribution in [-0.4, -0.2) is 0 Å². The van der Waals surface area contributed by atoms with Crippen LogP contribution in [-0.2, 0) is 0 Å². The van der Waals surface area contributed by atoms with Crippen molar-refractivity contribution in [2.75, 3.05) is 0 Å². The van der Waals surface area contributed by atoms with E-state index >= 15 is 0 Å². The van der Waals surface area contributed by atoms with Crippen molar-refractivity contribution in [3.8, 4) is 22.6 Å². The fourth-order valence-corrected chi connectivity index (χ4v) is 2.12. The topological polar surface area (TPSA) is 11.3 Å². The predicted octanol–water partition coefficient (Wildman–Crippen LogP) is 3.98. The van der Waals surface area contributed by atoms with Crippen molar-refractivity contribution >= 4 is 37.2 Å². The van der Waals surface area contributed by atoms with Crippen LogP contribution in [0, 0.1) is 6.92 Å². The molecule has 22 heavy (non-hydrogen) atoms. The molecule has 0 amide bonds. The number of hydrogen-bond acceptors (Lipinski definition) is 0. The van der Waals surface area contributed by atoms with Gasteiger partial charge in [-0.05, 0) is 36.8 Å². The first-order valence-corrected chi connectivity index (χ1v) is 19.2. The Morgan fingerprint density at radius 3 is 1.45 bits per heavy atom. The maximum absolute atomic E-state index is 6.03. The molecule has 1 nitrogen and oxygen atoms in total. The van der Waals surface area contributed by atoms with Crippen molar-refractivity contribution in [1.29, 1.82) is 0 Å². The minimum atomic E-state index is 0.530. The van der Waals surface area contributed by atoms with Gasteiger partial charge in [-0.3, -0.25) is 0 Å². The van der Waals surface area contributed by atoms with Crippen LogP contribution in [0.25, 0.3) is 22.6 Å². The Bertz CT molecular complexity index is 642. The van der Waals surface area contributed by atoms with Crippen molar-refractivity contribution in [1.82, 2.24) is 0 Å². The molecule has 0 radical (unpaired) electrons. The van der Waals surface area contributed by atoms with Crippen molar-refractivity contribution in [2.24, 2.45) is 0 Å². The summed E-state index contributed by atoms with van der Waals surface area (Å²) >= 11 is 5.30. The van der Waals surface area contributed by atoms with Crippen LogP contribution in [0.3, 0.4) is 0 Å². The molecule has 0 saturated heterocycles. The molecule has 0 aliphatic heterocycles. The van der Waals surface area contributed by atoms with Gasteiger partial charge in [-0.15, -0.1) is 0 Å². The molecule has 3 rings (SSSR count). The normalized spacial score (nSPS) is 9.95. The van der Waals surface area contributed by atoms with E-state index in [1.54, 1.807) is 0 Å². The first-order valence-electron chi connectivity index (χ1n) is 6.67. The number of benzene rings is 2. The second-order valence-corrected chi connectivity index (χ2v) is 20.9. The molecule has 4 heteroatoms. The van der Waals surface area contributed by atoms with Crippen molar-refractivity contribution in [3.63, 3.8) is 0 Å². The van der Waals surface area contributed by atoms with E-state index in [1.165, 1.54) is 5.56 Å². The maximum atomic E-state index is 6.03. The Morgan fingerprint density at radius 1 is 0.727 bits per heavy atom. The molecule has 1 aromatic heterocycles. The van der Waals surface area contributed by atoms with Crippen LogP contribution in [0.1, 0.15) is 5.56 Å².